The van der Waals surface area contributed by atoms with E-state index in [-0.39, 0.29) is 11.3 Å². The molecular weight excluding hydrogens is 200 g/mol. The van der Waals surface area contributed by atoms with E-state index in [1.807, 2.05) is 20.8 Å². The fourth-order valence-electron chi connectivity index (χ4n) is 1.27. The van der Waals surface area contributed by atoms with E-state index in [1.165, 1.54) is 0 Å². The lowest BCUT2D eigenvalue weighted by molar-refractivity contribution is 0.552. The number of rotatable bonds is 1. The Morgan fingerprint density at radius 3 is 2.29 bits per heavy atom. The van der Waals surface area contributed by atoms with Crippen molar-refractivity contribution in [2.75, 3.05) is 0 Å². The van der Waals surface area contributed by atoms with Crippen LogP contribution < -0.4 is 5.73 Å². The minimum atomic E-state index is -0.161. The van der Waals surface area contributed by atoms with E-state index < -0.39 is 0 Å². The number of hydrogen-bond acceptors (Lipinski definition) is 2. The second-order valence-corrected chi connectivity index (χ2v) is 4.66. The monoisotopic (exact) mass is 214 g/mol. The molecule has 5 heteroatoms. The zero-order chi connectivity index (χ0) is 11.1. The largest absolute Gasteiger partial charge is 0.384 e. The number of nitrogens with one attached hydrogen (secondary N) is 1. The maximum Gasteiger partial charge on any atom is 0.137 e. The number of amidine groups is 1. The molecular formula is C9H15ClN4. The van der Waals surface area contributed by atoms with Gasteiger partial charge in [-0.1, -0.05) is 32.4 Å². The number of halogens is 1. The van der Waals surface area contributed by atoms with Crippen LogP contribution in [0.15, 0.2) is 0 Å². The van der Waals surface area contributed by atoms with Gasteiger partial charge in [-0.2, -0.15) is 5.10 Å². The highest BCUT2D eigenvalue weighted by molar-refractivity contribution is 6.33. The van der Waals surface area contributed by atoms with Crippen molar-refractivity contribution in [3.63, 3.8) is 0 Å². The summed E-state index contributed by atoms with van der Waals surface area (Å²) in [6.07, 6.45) is 0. The van der Waals surface area contributed by atoms with Gasteiger partial charge in [-0.3, -0.25) is 10.1 Å². The van der Waals surface area contributed by atoms with E-state index in [1.54, 1.807) is 11.7 Å². The van der Waals surface area contributed by atoms with Gasteiger partial charge < -0.3 is 5.73 Å². The third-order valence-corrected chi connectivity index (χ3v) is 2.39. The number of nitrogen functional groups attached to an aromatic ring is 1. The Kier molecular flexibility index (Phi) is 2.58. The van der Waals surface area contributed by atoms with Crippen LogP contribution in [0.2, 0.25) is 5.15 Å². The Morgan fingerprint density at radius 1 is 1.50 bits per heavy atom. The highest BCUT2D eigenvalue weighted by Gasteiger charge is 2.26. The lowest BCUT2D eigenvalue weighted by Gasteiger charge is -2.16. The maximum absolute atomic E-state index is 7.45. The third kappa shape index (κ3) is 1.75. The van der Waals surface area contributed by atoms with Crippen molar-refractivity contribution < 1.29 is 0 Å². The van der Waals surface area contributed by atoms with Crippen molar-refractivity contribution in [3.05, 3.63) is 16.4 Å². The van der Waals surface area contributed by atoms with Crippen LogP contribution in [0.5, 0.6) is 0 Å². The third-order valence-electron chi connectivity index (χ3n) is 1.96. The molecule has 3 N–H and O–H groups in total. The summed E-state index contributed by atoms with van der Waals surface area (Å²) < 4.78 is 1.54. The van der Waals surface area contributed by atoms with Gasteiger partial charge in [0.05, 0.1) is 11.3 Å². The van der Waals surface area contributed by atoms with Crippen LogP contribution >= 0.6 is 11.6 Å². The molecule has 1 aromatic heterocycles. The van der Waals surface area contributed by atoms with Gasteiger partial charge in [0.15, 0.2) is 0 Å². The van der Waals surface area contributed by atoms with Gasteiger partial charge in [0.2, 0.25) is 0 Å². The molecule has 0 aliphatic carbocycles. The molecule has 0 aliphatic heterocycles. The van der Waals surface area contributed by atoms with Gasteiger partial charge in [-0.05, 0) is 0 Å². The summed E-state index contributed by atoms with van der Waals surface area (Å²) in [5.74, 6) is -0.0342. The van der Waals surface area contributed by atoms with Crippen LogP contribution in [-0.4, -0.2) is 15.6 Å². The van der Waals surface area contributed by atoms with E-state index in [0.717, 1.165) is 5.69 Å². The molecule has 0 amide bonds. The molecule has 0 bridgehead atoms. The molecule has 0 atom stereocenters. The summed E-state index contributed by atoms with van der Waals surface area (Å²) in [7, 11) is 1.74. The summed E-state index contributed by atoms with van der Waals surface area (Å²) in [4.78, 5) is 0. The van der Waals surface area contributed by atoms with Gasteiger partial charge in [0.25, 0.3) is 0 Å². The molecule has 0 aliphatic rings. The van der Waals surface area contributed by atoms with Gasteiger partial charge in [0.1, 0.15) is 11.0 Å². The number of nitrogens with two attached hydrogens (primary N) is 1. The minimum Gasteiger partial charge on any atom is -0.384 e. The Balaban J connectivity index is 3.45. The molecule has 14 heavy (non-hydrogen) atoms. The predicted octanol–water partition coefficient (Wildman–Crippen LogP) is 1.66. The van der Waals surface area contributed by atoms with Crippen molar-refractivity contribution >= 4 is 17.4 Å². The first-order valence-electron chi connectivity index (χ1n) is 4.32. The van der Waals surface area contributed by atoms with Crippen LogP contribution in [0.1, 0.15) is 32.0 Å². The zero-order valence-electron chi connectivity index (χ0n) is 8.85. The molecule has 1 aromatic rings. The zero-order valence-corrected chi connectivity index (χ0v) is 9.61. The average Bonchev–Trinajstić information content (AvgIpc) is 2.27. The number of nitrogens with zero attached hydrogens (tertiary/aromatic N) is 2. The van der Waals surface area contributed by atoms with Crippen molar-refractivity contribution in [2.24, 2.45) is 12.8 Å². The fraction of sp³-hybridized carbons (Fsp3) is 0.556. The molecule has 0 spiro atoms. The molecule has 1 heterocycles. The Hall–Kier alpha value is -1.03. The van der Waals surface area contributed by atoms with Crippen molar-refractivity contribution in [1.29, 1.82) is 5.41 Å². The van der Waals surface area contributed by atoms with E-state index in [0.29, 0.717) is 10.7 Å². The summed E-state index contributed by atoms with van der Waals surface area (Å²) >= 11 is 5.99. The molecule has 0 unspecified atom stereocenters. The lowest BCUT2D eigenvalue weighted by atomic mass is 9.89. The highest BCUT2D eigenvalue weighted by Crippen LogP contribution is 2.28. The van der Waals surface area contributed by atoms with Crippen LogP contribution in [0.4, 0.5) is 0 Å². The number of hydrogen-bond donors (Lipinski definition) is 2. The average molecular weight is 215 g/mol. The molecule has 0 radical (unpaired) electrons. The van der Waals surface area contributed by atoms with E-state index >= 15 is 0 Å². The van der Waals surface area contributed by atoms with Crippen LogP contribution in [0, 0.1) is 5.41 Å². The van der Waals surface area contributed by atoms with Crippen molar-refractivity contribution in [1.82, 2.24) is 9.78 Å². The lowest BCUT2D eigenvalue weighted by Crippen LogP contribution is -2.20. The highest BCUT2D eigenvalue weighted by atomic mass is 35.5. The molecule has 0 saturated carbocycles. The van der Waals surface area contributed by atoms with E-state index in [4.69, 9.17) is 22.7 Å². The molecule has 4 nitrogen and oxygen atoms in total. The smallest absolute Gasteiger partial charge is 0.137 e. The quantitative estimate of drug-likeness (QED) is 0.552. The molecule has 0 fully saturated rings. The normalized spacial score (nSPS) is 11.8. The number of aryl methyl sites for hydroxylation is 1. The Labute approximate surface area is 88.6 Å². The first-order chi connectivity index (χ1) is 6.25. The summed E-state index contributed by atoms with van der Waals surface area (Å²) in [5.41, 5.74) is 6.61. The topological polar surface area (TPSA) is 67.7 Å². The van der Waals surface area contributed by atoms with Crippen LogP contribution in [0.25, 0.3) is 0 Å². The molecule has 78 valence electrons. The van der Waals surface area contributed by atoms with Crippen LogP contribution in [0.3, 0.4) is 0 Å². The standard InChI is InChI=1S/C9H15ClN4/c1-9(2,3)6-5(8(11)12)7(10)14(4)13-6/h1-4H3,(H3,11,12). The summed E-state index contributed by atoms with van der Waals surface area (Å²) in [6, 6.07) is 0. The number of aromatic nitrogens is 2. The van der Waals surface area contributed by atoms with Gasteiger partial charge in [0, 0.05) is 12.5 Å². The minimum absolute atomic E-state index is 0.0342. The van der Waals surface area contributed by atoms with Gasteiger partial charge in [-0.15, -0.1) is 0 Å². The summed E-state index contributed by atoms with van der Waals surface area (Å²) in [5, 5.41) is 12.1. The molecule has 0 aromatic carbocycles. The Morgan fingerprint density at radius 2 is 2.00 bits per heavy atom. The second kappa shape index (κ2) is 3.28. The van der Waals surface area contributed by atoms with Crippen molar-refractivity contribution in [2.45, 2.75) is 26.2 Å². The van der Waals surface area contributed by atoms with Gasteiger partial charge >= 0.3 is 0 Å². The fourth-order valence-corrected chi connectivity index (χ4v) is 1.50. The summed E-state index contributed by atoms with van der Waals surface area (Å²) in [6.45, 7) is 6.04. The van der Waals surface area contributed by atoms with E-state index in [9.17, 15) is 0 Å². The second-order valence-electron chi connectivity index (χ2n) is 4.30. The first kappa shape index (κ1) is 11.0. The molecule has 1 rings (SSSR count). The predicted molar refractivity (Wildman–Crippen MR) is 57.9 cm³/mol. The van der Waals surface area contributed by atoms with Crippen LogP contribution in [-0.2, 0) is 12.5 Å². The first-order valence-corrected chi connectivity index (χ1v) is 4.70. The van der Waals surface area contributed by atoms with Crippen molar-refractivity contribution in [3.8, 4) is 0 Å². The maximum atomic E-state index is 7.45. The SMILES string of the molecule is Cn1nc(C(C)(C)C)c(C(=N)N)c1Cl. The van der Waals surface area contributed by atoms with Gasteiger partial charge in [-0.25, -0.2) is 0 Å². The van der Waals surface area contributed by atoms with E-state index in [2.05, 4.69) is 5.10 Å². The Bertz CT molecular complexity index is 373. The molecule has 0 saturated heterocycles.